The summed E-state index contributed by atoms with van der Waals surface area (Å²) >= 11 is 0. The molecule has 0 saturated heterocycles. The summed E-state index contributed by atoms with van der Waals surface area (Å²) in [5, 5.41) is 11.9. The fourth-order valence-electron chi connectivity index (χ4n) is 1.94. The summed E-state index contributed by atoms with van der Waals surface area (Å²) < 4.78 is 0. The van der Waals surface area contributed by atoms with Crippen LogP contribution in [0.25, 0.3) is 0 Å². The van der Waals surface area contributed by atoms with Crippen molar-refractivity contribution in [2.24, 2.45) is 5.92 Å². The highest BCUT2D eigenvalue weighted by Gasteiger charge is 2.24. The van der Waals surface area contributed by atoms with Gasteiger partial charge >= 0.3 is 12.0 Å². The van der Waals surface area contributed by atoms with Crippen LogP contribution in [0.15, 0.2) is 30.3 Å². The largest absolute Gasteiger partial charge is 0.479 e. The van der Waals surface area contributed by atoms with Gasteiger partial charge in [0.05, 0.1) is 0 Å². The summed E-state index contributed by atoms with van der Waals surface area (Å²) in [6, 6.07) is 7.32. The summed E-state index contributed by atoms with van der Waals surface area (Å²) in [4.78, 5) is 25.1. The number of carboxylic acids is 1. The van der Waals surface area contributed by atoms with Crippen LogP contribution in [0.2, 0.25) is 0 Å². The minimum absolute atomic E-state index is 0.334. The highest BCUT2D eigenvalue weighted by Crippen LogP contribution is 2.13. The van der Waals surface area contributed by atoms with E-state index in [4.69, 9.17) is 0 Å². The molecule has 0 unspecified atom stereocenters. The molecule has 1 aromatic carbocycles. The lowest BCUT2D eigenvalue weighted by atomic mass is 10.1. The number of rotatable bonds is 6. The number of nitrogens with zero attached hydrogens (tertiary/aromatic N) is 1. The Bertz CT molecular complexity index is 446. The minimum atomic E-state index is -1.06. The highest BCUT2D eigenvalue weighted by molar-refractivity contribution is 5.83. The molecular weight excluding hydrogens is 256 g/mol. The van der Waals surface area contributed by atoms with Crippen molar-refractivity contribution in [3.8, 4) is 0 Å². The van der Waals surface area contributed by atoms with Crippen LogP contribution in [0.1, 0.15) is 32.4 Å². The summed E-state index contributed by atoms with van der Waals surface area (Å²) in [5.74, 6) is -0.731. The van der Waals surface area contributed by atoms with Gasteiger partial charge in [0.15, 0.2) is 6.04 Å². The number of carboxylic acid groups (broad SMARTS) is 1. The van der Waals surface area contributed by atoms with E-state index in [1.807, 2.05) is 20.8 Å². The SMILES string of the molecule is CCN(CC(C)C)C(=O)N[C@H](C(=O)O)c1ccccc1. The predicted molar refractivity (Wildman–Crippen MR) is 77.4 cm³/mol. The topological polar surface area (TPSA) is 69.6 Å². The van der Waals surface area contributed by atoms with Crippen LogP contribution in [0.4, 0.5) is 4.79 Å². The van der Waals surface area contributed by atoms with E-state index in [0.717, 1.165) is 0 Å². The molecule has 0 radical (unpaired) electrons. The summed E-state index contributed by atoms with van der Waals surface area (Å²) in [6.07, 6.45) is 0. The van der Waals surface area contributed by atoms with Crippen molar-refractivity contribution in [1.29, 1.82) is 0 Å². The molecule has 0 aliphatic rings. The Labute approximate surface area is 119 Å². The van der Waals surface area contributed by atoms with E-state index in [1.165, 1.54) is 0 Å². The second-order valence-electron chi connectivity index (χ2n) is 5.06. The molecule has 1 atom stereocenters. The second kappa shape index (κ2) is 7.53. The molecule has 5 heteroatoms. The molecule has 0 saturated carbocycles. The van der Waals surface area contributed by atoms with Crippen molar-refractivity contribution in [2.45, 2.75) is 26.8 Å². The lowest BCUT2D eigenvalue weighted by Crippen LogP contribution is -2.45. The van der Waals surface area contributed by atoms with E-state index in [1.54, 1.807) is 35.2 Å². The zero-order chi connectivity index (χ0) is 15.1. The van der Waals surface area contributed by atoms with Crippen LogP contribution in [-0.4, -0.2) is 35.1 Å². The molecule has 110 valence electrons. The maximum atomic E-state index is 12.1. The van der Waals surface area contributed by atoms with E-state index >= 15 is 0 Å². The maximum absolute atomic E-state index is 12.1. The molecule has 2 N–H and O–H groups in total. The van der Waals surface area contributed by atoms with E-state index < -0.39 is 12.0 Å². The fourth-order valence-corrected chi connectivity index (χ4v) is 1.94. The van der Waals surface area contributed by atoms with Crippen LogP contribution >= 0.6 is 0 Å². The lowest BCUT2D eigenvalue weighted by Gasteiger charge is -2.25. The van der Waals surface area contributed by atoms with Crippen molar-refractivity contribution < 1.29 is 14.7 Å². The molecule has 0 aliphatic heterocycles. The molecule has 1 rings (SSSR count). The van der Waals surface area contributed by atoms with Gasteiger partial charge in [0.1, 0.15) is 0 Å². The monoisotopic (exact) mass is 278 g/mol. The van der Waals surface area contributed by atoms with Crippen LogP contribution in [0.3, 0.4) is 0 Å². The van der Waals surface area contributed by atoms with E-state index in [2.05, 4.69) is 5.32 Å². The third-order valence-corrected chi connectivity index (χ3v) is 2.90. The molecule has 5 nitrogen and oxygen atoms in total. The van der Waals surface area contributed by atoms with Gasteiger partial charge in [-0.05, 0) is 18.4 Å². The number of carbonyl (C=O) groups excluding carboxylic acids is 1. The number of nitrogens with one attached hydrogen (secondary N) is 1. The zero-order valence-corrected chi connectivity index (χ0v) is 12.2. The first-order chi connectivity index (χ1) is 9.45. The number of urea groups is 1. The van der Waals surface area contributed by atoms with Crippen molar-refractivity contribution in [1.82, 2.24) is 10.2 Å². The number of hydrogen-bond acceptors (Lipinski definition) is 2. The Morgan fingerprint density at radius 2 is 1.85 bits per heavy atom. The first-order valence-electron chi connectivity index (χ1n) is 6.78. The van der Waals surface area contributed by atoms with Crippen molar-refractivity contribution >= 4 is 12.0 Å². The van der Waals surface area contributed by atoms with Gasteiger partial charge in [0.2, 0.25) is 0 Å². The third kappa shape index (κ3) is 4.57. The standard InChI is InChI=1S/C15H22N2O3/c1-4-17(10-11(2)3)15(20)16-13(14(18)19)12-8-6-5-7-9-12/h5-9,11,13H,4,10H2,1-3H3,(H,16,20)(H,18,19)/t13-/m0/s1. The Kier molecular flexibility index (Phi) is 6.03. The molecule has 0 bridgehead atoms. The Balaban J connectivity index is 2.81. The van der Waals surface area contributed by atoms with Gasteiger partial charge in [-0.3, -0.25) is 0 Å². The Hall–Kier alpha value is -2.04. The zero-order valence-electron chi connectivity index (χ0n) is 12.2. The van der Waals surface area contributed by atoms with Gasteiger partial charge in [-0.25, -0.2) is 9.59 Å². The van der Waals surface area contributed by atoms with Gasteiger partial charge in [-0.1, -0.05) is 44.2 Å². The molecule has 2 amide bonds. The van der Waals surface area contributed by atoms with Crippen molar-refractivity contribution in [3.05, 3.63) is 35.9 Å². The van der Waals surface area contributed by atoms with Crippen LogP contribution in [-0.2, 0) is 4.79 Å². The molecule has 0 heterocycles. The molecule has 0 fully saturated rings. The van der Waals surface area contributed by atoms with E-state index in [0.29, 0.717) is 24.6 Å². The van der Waals surface area contributed by atoms with Gasteiger partial charge in [-0.15, -0.1) is 0 Å². The number of amides is 2. The van der Waals surface area contributed by atoms with Crippen LogP contribution in [0, 0.1) is 5.92 Å². The maximum Gasteiger partial charge on any atom is 0.330 e. The average molecular weight is 278 g/mol. The molecule has 0 aromatic heterocycles. The van der Waals surface area contributed by atoms with Gasteiger partial charge in [0.25, 0.3) is 0 Å². The smallest absolute Gasteiger partial charge is 0.330 e. The van der Waals surface area contributed by atoms with E-state index in [-0.39, 0.29) is 6.03 Å². The van der Waals surface area contributed by atoms with Crippen LogP contribution in [0.5, 0.6) is 0 Å². The quantitative estimate of drug-likeness (QED) is 0.840. The van der Waals surface area contributed by atoms with Crippen molar-refractivity contribution in [3.63, 3.8) is 0 Å². The summed E-state index contributed by atoms with van der Waals surface area (Å²) in [6.45, 7) is 7.05. The van der Waals surface area contributed by atoms with E-state index in [9.17, 15) is 14.7 Å². The number of hydrogen-bond donors (Lipinski definition) is 2. The number of aliphatic carboxylic acids is 1. The first kappa shape index (κ1) is 16.0. The minimum Gasteiger partial charge on any atom is -0.479 e. The third-order valence-electron chi connectivity index (χ3n) is 2.90. The van der Waals surface area contributed by atoms with Crippen LogP contribution < -0.4 is 5.32 Å². The highest BCUT2D eigenvalue weighted by atomic mass is 16.4. The molecule has 0 spiro atoms. The summed E-state index contributed by atoms with van der Waals surface area (Å²) in [7, 11) is 0. The normalized spacial score (nSPS) is 12.0. The first-order valence-corrected chi connectivity index (χ1v) is 6.78. The average Bonchev–Trinajstić information content (AvgIpc) is 2.42. The van der Waals surface area contributed by atoms with Gasteiger partial charge in [-0.2, -0.15) is 0 Å². The van der Waals surface area contributed by atoms with Gasteiger partial charge in [0, 0.05) is 13.1 Å². The molecule has 0 aliphatic carbocycles. The number of benzene rings is 1. The van der Waals surface area contributed by atoms with Crippen molar-refractivity contribution in [2.75, 3.05) is 13.1 Å². The van der Waals surface area contributed by atoms with Gasteiger partial charge < -0.3 is 15.3 Å². The fraction of sp³-hybridized carbons (Fsp3) is 0.467. The second-order valence-corrected chi connectivity index (χ2v) is 5.06. The Morgan fingerprint density at radius 1 is 1.25 bits per heavy atom. The molecule has 1 aromatic rings. The number of carbonyl (C=O) groups is 2. The molecule has 20 heavy (non-hydrogen) atoms. The predicted octanol–water partition coefficient (Wildman–Crippen LogP) is 2.50. The molecular formula is C15H22N2O3. The summed E-state index contributed by atoms with van der Waals surface area (Å²) in [5.41, 5.74) is 0.564. The Morgan fingerprint density at radius 3 is 2.30 bits per heavy atom. The lowest BCUT2D eigenvalue weighted by molar-refractivity contribution is -0.139.